The van der Waals surface area contributed by atoms with Gasteiger partial charge in [-0.15, -0.1) is 11.3 Å². The molecule has 0 saturated heterocycles. The van der Waals surface area contributed by atoms with E-state index in [0.29, 0.717) is 12.1 Å². The molecular formula is C15H19FN2OS. The number of aryl methyl sites for hydroxylation is 2. The van der Waals surface area contributed by atoms with Crippen LogP contribution in [0.4, 0.5) is 4.39 Å². The van der Waals surface area contributed by atoms with Gasteiger partial charge >= 0.3 is 0 Å². The zero-order valence-corrected chi connectivity index (χ0v) is 12.7. The smallest absolute Gasteiger partial charge is 0.123 e. The Morgan fingerprint density at radius 1 is 1.40 bits per heavy atom. The maximum absolute atomic E-state index is 13.1. The minimum atomic E-state index is -0.720. The van der Waals surface area contributed by atoms with Crippen molar-refractivity contribution >= 4 is 11.3 Å². The Labute approximate surface area is 122 Å². The molecule has 1 heterocycles. The zero-order valence-electron chi connectivity index (χ0n) is 11.9. The highest BCUT2D eigenvalue weighted by atomic mass is 32.1. The first-order valence-electron chi connectivity index (χ1n) is 6.58. The lowest BCUT2D eigenvalue weighted by atomic mass is 10.1. The van der Waals surface area contributed by atoms with E-state index in [1.165, 1.54) is 17.0 Å². The molecule has 1 aromatic heterocycles. The van der Waals surface area contributed by atoms with Crippen LogP contribution in [0.1, 0.15) is 40.2 Å². The molecule has 2 aromatic rings. The minimum Gasteiger partial charge on any atom is -0.387 e. The van der Waals surface area contributed by atoms with Crippen LogP contribution >= 0.6 is 11.3 Å². The Bertz CT molecular complexity index is 585. The molecule has 0 radical (unpaired) electrons. The van der Waals surface area contributed by atoms with E-state index in [9.17, 15) is 9.50 Å². The Hall–Kier alpha value is -1.30. The van der Waals surface area contributed by atoms with Gasteiger partial charge in [0.2, 0.25) is 0 Å². The quantitative estimate of drug-likeness (QED) is 0.889. The molecule has 108 valence electrons. The van der Waals surface area contributed by atoms with Crippen LogP contribution in [-0.4, -0.2) is 16.6 Å². The van der Waals surface area contributed by atoms with Gasteiger partial charge in [0.15, 0.2) is 0 Å². The normalized spacial score (nSPS) is 14.2. The van der Waals surface area contributed by atoms with E-state index >= 15 is 0 Å². The molecule has 0 fully saturated rings. The monoisotopic (exact) mass is 294 g/mol. The molecule has 0 spiro atoms. The molecule has 2 N–H and O–H groups in total. The number of halogens is 1. The molecule has 0 amide bonds. The van der Waals surface area contributed by atoms with Gasteiger partial charge in [-0.2, -0.15) is 0 Å². The first-order chi connectivity index (χ1) is 9.47. The highest BCUT2D eigenvalue weighted by molar-refractivity contribution is 7.11. The molecule has 2 rings (SSSR count). The van der Waals surface area contributed by atoms with Crippen molar-refractivity contribution in [1.29, 1.82) is 0 Å². The van der Waals surface area contributed by atoms with Crippen LogP contribution in [0.2, 0.25) is 0 Å². The fourth-order valence-corrected chi connectivity index (χ4v) is 3.12. The summed E-state index contributed by atoms with van der Waals surface area (Å²) in [6, 6.07) is 6.18. The topological polar surface area (TPSA) is 45.2 Å². The number of hydrogen-bond donors (Lipinski definition) is 2. The Kier molecular flexibility index (Phi) is 4.86. The number of aliphatic hydroxyl groups excluding tert-OH is 1. The van der Waals surface area contributed by atoms with Crippen LogP contribution in [0.15, 0.2) is 24.3 Å². The van der Waals surface area contributed by atoms with Crippen LogP contribution in [0.3, 0.4) is 0 Å². The molecule has 2 unspecified atom stereocenters. The molecule has 0 bridgehead atoms. The van der Waals surface area contributed by atoms with Crippen molar-refractivity contribution in [3.05, 3.63) is 51.2 Å². The van der Waals surface area contributed by atoms with Crippen molar-refractivity contribution in [2.75, 3.05) is 6.54 Å². The van der Waals surface area contributed by atoms with E-state index in [0.717, 1.165) is 10.7 Å². The molecule has 5 heteroatoms. The number of aliphatic hydroxyl groups is 1. The molecule has 3 nitrogen and oxygen atoms in total. The van der Waals surface area contributed by atoms with Gasteiger partial charge in [0.05, 0.1) is 16.8 Å². The summed E-state index contributed by atoms with van der Waals surface area (Å²) in [5.41, 5.74) is 1.61. The van der Waals surface area contributed by atoms with Crippen molar-refractivity contribution in [2.24, 2.45) is 0 Å². The van der Waals surface area contributed by atoms with Crippen LogP contribution < -0.4 is 5.32 Å². The van der Waals surface area contributed by atoms with Gasteiger partial charge < -0.3 is 10.4 Å². The molecule has 0 saturated carbocycles. The van der Waals surface area contributed by atoms with E-state index in [1.54, 1.807) is 23.5 Å². The summed E-state index contributed by atoms with van der Waals surface area (Å²) in [6.07, 6.45) is -0.720. The number of nitrogens with zero attached hydrogens (tertiary/aromatic N) is 1. The summed E-state index contributed by atoms with van der Waals surface area (Å²) in [4.78, 5) is 5.57. The lowest BCUT2D eigenvalue weighted by Gasteiger charge is -2.17. The average molecular weight is 294 g/mol. The Morgan fingerprint density at radius 3 is 2.75 bits per heavy atom. The number of hydrogen-bond acceptors (Lipinski definition) is 4. The molecular weight excluding hydrogens is 275 g/mol. The third kappa shape index (κ3) is 3.62. The second-order valence-electron chi connectivity index (χ2n) is 4.88. The zero-order chi connectivity index (χ0) is 14.7. The fraction of sp³-hybridized carbons (Fsp3) is 0.400. The van der Waals surface area contributed by atoms with Gasteiger partial charge in [-0.05, 0) is 38.5 Å². The summed E-state index contributed by atoms with van der Waals surface area (Å²) in [5.74, 6) is -0.330. The lowest BCUT2D eigenvalue weighted by molar-refractivity contribution is 0.170. The van der Waals surface area contributed by atoms with E-state index in [4.69, 9.17) is 0 Å². The minimum absolute atomic E-state index is 0.115. The largest absolute Gasteiger partial charge is 0.387 e. The van der Waals surface area contributed by atoms with Gasteiger partial charge in [-0.3, -0.25) is 0 Å². The number of rotatable bonds is 5. The maximum Gasteiger partial charge on any atom is 0.123 e. The second-order valence-corrected chi connectivity index (χ2v) is 6.12. The van der Waals surface area contributed by atoms with Crippen molar-refractivity contribution in [1.82, 2.24) is 10.3 Å². The van der Waals surface area contributed by atoms with Crippen LogP contribution in [0.5, 0.6) is 0 Å². The summed E-state index contributed by atoms with van der Waals surface area (Å²) >= 11 is 1.66. The van der Waals surface area contributed by atoms with Gasteiger partial charge in [0, 0.05) is 17.5 Å². The number of aromatic nitrogens is 1. The molecule has 0 aliphatic heterocycles. The maximum atomic E-state index is 13.1. The summed E-state index contributed by atoms with van der Waals surface area (Å²) in [7, 11) is 0. The number of benzene rings is 1. The van der Waals surface area contributed by atoms with E-state index < -0.39 is 6.10 Å². The van der Waals surface area contributed by atoms with E-state index in [-0.39, 0.29) is 11.9 Å². The standard InChI is InChI=1S/C15H19FN2OS/c1-9(15-10(2)18-11(3)20-15)17-8-14(19)12-5-4-6-13(16)7-12/h4-7,9,14,17,19H,8H2,1-3H3. The number of thiazole rings is 1. The lowest BCUT2D eigenvalue weighted by Crippen LogP contribution is -2.24. The first-order valence-corrected chi connectivity index (χ1v) is 7.40. The molecule has 2 atom stereocenters. The molecule has 20 heavy (non-hydrogen) atoms. The molecule has 0 aliphatic carbocycles. The van der Waals surface area contributed by atoms with Crippen molar-refractivity contribution in [3.8, 4) is 0 Å². The third-order valence-corrected chi connectivity index (χ3v) is 4.44. The van der Waals surface area contributed by atoms with Crippen LogP contribution in [0.25, 0.3) is 0 Å². The average Bonchev–Trinajstić information content (AvgIpc) is 2.74. The van der Waals surface area contributed by atoms with Gasteiger partial charge in [-0.1, -0.05) is 12.1 Å². The fourth-order valence-electron chi connectivity index (χ4n) is 2.16. The number of nitrogens with one attached hydrogen (secondary N) is 1. The third-order valence-electron chi connectivity index (χ3n) is 3.18. The predicted molar refractivity (Wildman–Crippen MR) is 79.4 cm³/mol. The predicted octanol–water partition coefficient (Wildman–Crippen LogP) is 3.28. The SMILES string of the molecule is Cc1nc(C)c(C(C)NCC(O)c2cccc(F)c2)s1. The molecule has 1 aromatic carbocycles. The van der Waals surface area contributed by atoms with Gasteiger partial charge in [0.25, 0.3) is 0 Å². The van der Waals surface area contributed by atoms with Crippen LogP contribution in [-0.2, 0) is 0 Å². The van der Waals surface area contributed by atoms with Gasteiger partial charge in [0.1, 0.15) is 5.82 Å². The summed E-state index contributed by atoms with van der Waals surface area (Å²) in [6.45, 7) is 6.38. The second kappa shape index (κ2) is 6.43. The van der Waals surface area contributed by atoms with E-state index in [1.807, 2.05) is 20.8 Å². The van der Waals surface area contributed by atoms with Crippen molar-refractivity contribution in [3.63, 3.8) is 0 Å². The first kappa shape index (κ1) is 15.1. The van der Waals surface area contributed by atoms with Crippen LogP contribution in [0, 0.1) is 19.7 Å². The highest BCUT2D eigenvalue weighted by Crippen LogP contribution is 2.25. The Morgan fingerprint density at radius 2 is 2.15 bits per heavy atom. The van der Waals surface area contributed by atoms with Gasteiger partial charge in [-0.25, -0.2) is 9.37 Å². The van der Waals surface area contributed by atoms with Crippen molar-refractivity contribution < 1.29 is 9.50 Å². The summed E-state index contributed by atoms with van der Waals surface area (Å²) in [5, 5.41) is 14.4. The Balaban J connectivity index is 1.96. The van der Waals surface area contributed by atoms with E-state index in [2.05, 4.69) is 10.3 Å². The highest BCUT2D eigenvalue weighted by Gasteiger charge is 2.15. The van der Waals surface area contributed by atoms with Crippen molar-refractivity contribution in [2.45, 2.75) is 32.9 Å². The molecule has 0 aliphatic rings. The summed E-state index contributed by atoms with van der Waals surface area (Å²) < 4.78 is 13.1.